The Balaban J connectivity index is 2.33. The fraction of sp³-hybridized carbons (Fsp3) is 0.846. The number of hydrogen-bond donors (Lipinski definition) is 1. The SMILES string of the molecule is CCCCOC(=O)NOC(=O)C(C)N1CCN(S(C)(=O)=O)CC1. The van der Waals surface area contributed by atoms with Crippen molar-refractivity contribution in [2.24, 2.45) is 0 Å². The van der Waals surface area contributed by atoms with E-state index in [1.54, 1.807) is 11.8 Å². The largest absolute Gasteiger partial charge is 0.447 e. The molecule has 0 aromatic heterocycles. The van der Waals surface area contributed by atoms with E-state index in [1.807, 2.05) is 12.4 Å². The van der Waals surface area contributed by atoms with Gasteiger partial charge >= 0.3 is 12.1 Å². The van der Waals surface area contributed by atoms with Crippen molar-refractivity contribution in [2.75, 3.05) is 39.0 Å². The van der Waals surface area contributed by atoms with Gasteiger partial charge in [0.2, 0.25) is 10.0 Å². The fourth-order valence-corrected chi connectivity index (χ4v) is 2.91. The maximum atomic E-state index is 11.9. The Morgan fingerprint density at radius 2 is 1.83 bits per heavy atom. The molecule has 1 aliphatic heterocycles. The monoisotopic (exact) mass is 351 g/mol. The minimum Gasteiger partial charge on any atom is -0.447 e. The van der Waals surface area contributed by atoms with Crippen molar-refractivity contribution in [2.45, 2.75) is 32.7 Å². The Morgan fingerprint density at radius 1 is 1.22 bits per heavy atom. The summed E-state index contributed by atoms with van der Waals surface area (Å²) in [5.41, 5.74) is 1.95. The van der Waals surface area contributed by atoms with Crippen molar-refractivity contribution in [3.05, 3.63) is 0 Å². The number of hydrogen-bond acceptors (Lipinski definition) is 7. The van der Waals surface area contributed by atoms with Gasteiger partial charge in [-0.1, -0.05) is 13.3 Å². The lowest BCUT2D eigenvalue weighted by atomic mass is 10.2. The van der Waals surface area contributed by atoms with Crippen LogP contribution < -0.4 is 5.48 Å². The van der Waals surface area contributed by atoms with E-state index in [2.05, 4.69) is 0 Å². The molecular formula is C13H25N3O6S. The van der Waals surface area contributed by atoms with Gasteiger partial charge in [-0.2, -0.15) is 4.31 Å². The third kappa shape index (κ3) is 6.71. The van der Waals surface area contributed by atoms with Crippen molar-refractivity contribution in [3.8, 4) is 0 Å². The molecule has 1 amide bonds. The van der Waals surface area contributed by atoms with Gasteiger partial charge in [0.1, 0.15) is 6.04 Å². The molecule has 134 valence electrons. The van der Waals surface area contributed by atoms with Crippen molar-refractivity contribution in [3.63, 3.8) is 0 Å². The standard InChI is InChI=1S/C13H25N3O6S/c1-4-5-10-21-13(18)14-22-12(17)11(2)15-6-8-16(9-7-15)23(3,19)20/h11H,4-10H2,1-3H3,(H,14,18). The van der Waals surface area contributed by atoms with Crippen LogP contribution in [-0.4, -0.2) is 74.8 Å². The summed E-state index contributed by atoms with van der Waals surface area (Å²) in [7, 11) is -3.21. The van der Waals surface area contributed by atoms with Gasteiger partial charge in [0, 0.05) is 26.2 Å². The molecule has 1 heterocycles. The van der Waals surface area contributed by atoms with E-state index in [-0.39, 0.29) is 6.61 Å². The third-order valence-electron chi connectivity index (χ3n) is 3.60. The second-order valence-electron chi connectivity index (χ2n) is 5.39. The first kappa shape index (κ1) is 19.7. The highest BCUT2D eigenvalue weighted by Gasteiger charge is 2.30. The van der Waals surface area contributed by atoms with Crippen molar-refractivity contribution in [1.82, 2.24) is 14.7 Å². The molecule has 0 aliphatic carbocycles. The number of nitrogens with one attached hydrogen (secondary N) is 1. The predicted molar refractivity (Wildman–Crippen MR) is 82.9 cm³/mol. The first-order valence-corrected chi connectivity index (χ1v) is 9.43. The van der Waals surface area contributed by atoms with E-state index in [9.17, 15) is 18.0 Å². The number of amides is 1. The summed E-state index contributed by atoms with van der Waals surface area (Å²) in [4.78, 5) is 29.7. The van der Waals surface area contributed by atoms with E-state index in [0.717, 1.165) is 19.1 Å². The molecule has 23 heavy (non-hydrogen) atoms. The van der Waals surface area contributed by atoms with Crippen LogP contribution in [0.1, 0.15) is 26.7 Å². The number of carbonyl (C=O) groups excluding carboxylic acids is 2. The van der Waals surface area contributed by atoms with Crippen LogP contribution in [0.5, 0.6) is 0 Å². The van der Waals surface area contributed by atoms with Crippen molar-refractivity contribution < 1.29 is 27.6 Å². The summed E-state index contributed by atoms with van der Waals surface area (Å²) in [6.45, 7) is 5.36. The number of ether oxygens (including phenoxy) is 1. The summed E-state index contributed by atoms with van der Waals surface area (Å²) in [5.74, 6) is -0.620. The molecule has 1 unspecified atom stereocenters. The molecule has 0 bridgehead atoms. The maximum absolute atomic E-state index is 11.9. The molecule has 1 saturated heterocycles. The average molecular weight is 351 g/mol. The lowest BCUT2D eigenvalue weighted by Crippen LogP contribution is -2.53. The zero-order chi connectivity index (χ0) is 17.5. The normalized spacial score (nSPS) is 18.2. The van der Waals surface area contributed by atoms with Crippen LogP contribution in [0.15, 0.2) is 0 Å². The number of unbranched alkanes of at least 4 members (excludes halogenated alkanes) is 1. The molecule has 9 nitrogen and oxygen atoms in total. The third-order valence-corrected chi connectivity index (χ3v) is 4.90. The Morgan fingerprint density at radius 3 is 2.35 bits per heavy atom. The van der Waals surface area contributed by atoms with Crippen LogP contribution in [0.25, 0.3) is 0 Å². The summed E-state index contributed by atoms with van der Waals surface area (Å²) in [5, 5.41) is 0. The molecule has 0 spiro atoms. The van der Waals surface area contributed by atoms with Crippen LogP contribution in [-0.2, 0) is 24.4 Å². The molecular weight excluding hydrogens is 326 g/mol. The number of carbonyl (C=O) groups is 2. The highest BCUT2D eigenvalue weighted by molar-refractivity contribution is 7.88. The Kier molecular flexibility index (Phi) is 7.73. The molecule has 1 rings (SSSR count). The zero-order valence-electron chi connectivity index (χ0n) is 13.8. The van der Waals surface area contributed by atoms with Crippen molar-refractivity contribution in [1.29, 1.82) is 0 Å². The lowest BCUT2D eigenvalue weighted by molar-refractivity contribution is -0.156. The van der Waals surface area contributed by atoms with Crippen molar-refractivity contribution >= 4 is 22.1 Å². The minimum atomic E-state index is -3.21. The van der Waals surface area contributed by atoms with Gasteiger partial charge in [-0.3, -0.25) is 4.90 Å². The van der Waals surface area contributed by atoms with E-state index in [1.165, 1.54) is 4.31 Å². The molecule has 1 aliphatic rings. The molecule has 1 atom stereocenters. The van der Waals surface area contributed by atoms with Crippen LogP contribution >= 0.6 is 0 Å². The van der Waals surface area contributed by atoms with Gasteiger partial charge in [0.25, 0.3) is 0 Å². The molecule has 0 aromatic carbocycles. The Labute approximate surface area is 136 Å². The fourth-order valence-electron chi connectivity index (χ4n) is 2.09. The summed E-state index contributed by atoms with van der Waals surface area (Å²) >= 11 is 0. The smallest absolute Gasteiger partial charge is 0.440 e. The number of sulfonamides is 1. The number of rotatable bonds is 6. The van der Waals surface area contributed by atoms with Crippen LogP contribution in [0.2, 0.25) is 0 Å². The van der Waals surface area contributed by atoms with Crippen LogP contribution in [0.3, 0.4) is 0 Å². The lowest BCUT2D eigenvalue weighted by Gasteiger charge is -2.35. The summed E-state index contributed by atoms with van der Waals surface area (Å²) in [6, 6.07) is -0.590. The summed E-state index contributed by atoms with van der Waals surface area (Å²) in [6.07, 6.45) is 1.99. The molecule has 10 heteroatoms. The highest BCUT2D eigenvalue weighted by Crippen LogP contribution is 2.10. The second kappa shape index (κ2) is 9.04. The second-order valence-corrected chi connectivity index (χ2v) is 7.37. The molecule has 1 fully saturated rings. The van der Waals surface area contributed by atoms with Gasteiger partial charge in [0.05, 0.1) is 12.9 Å². The van der Waals surface area contributed by atoms with Crippen LogP contribution in [0, 0.1) is 0 Å². The number of piperazine rings is 1. The quantitative estimate of drug-likeness (QED) is 0.528. The minimum absolute atomic E-state index is 0.267. The average Bonchev–Trinajstić information content (AvgIpc) is 2.51. The summed E-state index contributed by atoms with van der Waals surface area (Å²) < 4.78 is 29.0. The molecule has 0 aromatic rings. The molecule has 1 N–H and O–H groups in total. The van der Waals surface area contributed by atoms with Gasteiger partial charge in [-0.15, -0.1) is 5.48 Å². The van der Waals surface area contributed by atoms with Gasteiger partial charge in [-0.05, 0) is 13.3 Å². The molecule has 0 radical (unpaired) electrons. The zero-order valence-corrected chi connectivity index (χ0v) is 14.6. The predicted octanol–water partition coefficient (Wildman–Crippen LogP) is -0.0634. The number of nitrogens with zero attached hydrogens (tertiary/aromatic N) is 2. The van der Waals surface area contributed by atoms with Crippen LogP contribution in [0.4, 0.5) is 4.79 Å². The topological polar surface area (TPSA) is 105 Å². The number of hydroxylamine groups is 1. The first-order chi connectivity index (χ1) is 10.8. The van der Waals surface area contributed by atoms with E-state index in [4.69, 9.17) is 9.57 Å². The highest BCUT2D eigenvalue weighted by atomic mass is 32.2. The van der Waals surface area contributed by atoms with E-state index in [0.29, 0.717) is 26.2 Å². The van der Waals surface area contributed by atoms with Gasteiger partial charge in [0.15, 0.2) is 0 Å². The Hall–Kier alpha value is -1.39. The first-order valence-electron chi connectivity index (χ1n) is 7.58. The van der Waals surface area contributed by atoms with Gasteiger partial charge < -0.3 is 9.57 Å². The van der Waals surface area contributed by atoms with Gasteiger partial charge in [-0.25, -0.2) is 18.0 Å². The molecule has 0 saturated carbocycles. The van der Waals surface area contributed by atoms with E-state index >= 15 is 0 Å². The Bertz CT molecular complexity index is 502. The maximum Gasteiger partial charge on any atom is 0.440 e. The van der Waals surface area contributed by atoms with E-state index < -0.39 is 28.1 Å².